The Morgan fingerprint density at radius 1 is 1.40 bits per heavy atom. The van der Waals surface area contributed by atoms with Gasteiger partial charge in [0.2, 0.25) is 0 Å². The molecule has 0 fully saturated rings. The van der Waals surface area contributed by atoms with Gasteiger partial charge in [0.1, 0.15) is 6.54 Å². The van der Waals surface area contributed by atoms with Gasteiger partial charge in [-0.2, -0.15) is 5.26 Å². The molecule has 1 amide bonds. The number of carbonyl (C=O) groups is 2. The summed E-state index contributed by atoms with van der Waals surface area (Å²) in [5.41, 5.74) is 0.803. The van der Waals surface area contributed by atoms with Crippen LogP contribution in [0, 0.1) is 11.3 Å². The van der Waals surface area contributed by atoms with Crippen molar-refractivity contribution in [1.82, 2.24) is 4.90 Å². The van der Waals surface area contributed by atoms with Gasteiger partial charge in [-0.1, -0.05) is 6.07 Å². The molecule has 0 bridgehead atoms. The Labute approximate surface area is 118 Å². The molecule has 0 aromatic heterocycles. The molecule has 5 heteroatoms. The molecular weight excluding hydrogens is 256 g/mol. The molecule has 1 aromatic rings. The van der Waals surface area contributed by atoms with Crippen molar-refractivity contribution in [3.8, 4) is 6.07 Å². The predicted molar refractivity (Wildman–Crippen MR) is 74.0 cm³/mol. The highest BCUT2D eigenvalue weighted by molar-refractivity contribution is 5.96. The van der Waals surface area contributed by atoms with E-state index in [0.29, 0.717) is 11.1 Å². The van der Waals surface area contributed by atoms with Gasteiger partial charge in [-0.05, 0) is 39.0 Å². The van der Waals surface area contributed by atoms with Gasteiger partial charge in [0.25, 0.3) is 5.91 Å². The predicted octanol–water partition coefficient (Wildman–Crippen LogP) is 1.97. The fraction of sp³-hybridized carbons (Fsp3) is 0.400. The quantitative estimate of drug-likeness (QED) is 0.770. The lowest BCUT2D eigenvalue weighted by molar-refractivity contribution is -0.144. The van der Waals surface area contributed by atoms with E-state index in [0.717, 1.165) is 0 Å². The standard InChI is InChI=1S/C15H18N2O3/c1-4-20-14(18)10-17(11(2)3)15(19)13-7-5-6-12(8-13)9-16/h5-8,11H,4,10H2,1-3H3. The van der Waals surface area contributed by atoms with Gasteiger partial charge < -0.3 is 9.64 Å². The van der Waals surface area contributed by atoms with Gasteiger partial charge in [-0.25, -0.2) is 0 Å². The largest absolute Gasteiger partial charge is 0.465 e. The van der Waals surface area contributed by atoms with Crippen LogP contribution in [0.5, 0.6) is 0 Å². The summed E-state index contributed by atoms with van der Waals surface area (Å²) in [6, 6.07) is 8.27. The Kier molecular flexibility index (Phi) is 5.73. The highest BCUT2D eigenvalue weighted by atomic mass is 16.5. The maximum absolute atomic E-state index is 12.4. The summed E-state index contributed by atoms with van der Waals surface area (Å²) in [4.78, 5) is 25.4. The molecule has 106 valence electrons. The molecule has 1 aromatic carbocycles. The highest BCUT2D eigenvalue weighted by Gasteiger charge is 2.22. The Morgan fingerprint density at radius 3 is 2.65 bits per heavy atom. The molecule has 0 saturated carbocycles. The number of esters is 1. The summed E-state index contributed by atoms with van der Waals surface area (Å²) in [5, 5.41) is 8.86. The maximum atomic E-state index is 12.4. The van der Waals surface area contributed by atoms with E-state index < -0.39 is 5.97 Å². The van der Waals surface area contributed by atoms with Crippen molar-refractivity contribution in [2.24, 2.45) is 0 Å². The van der Waals surface area contributed by atoms with Crippen LogP contribution in [0.2, 0.25) is 0 Å². The number of hydrogen-bond donors (Lipinski definition) is 0. The number of nitrogens with zero attached hydrogens (tertiary/aromatic N) is 2. The molecule has 0 aliphatic heterocycles. The first kappa shape index (κ1) is 15.7. The number of amides is 1. The Balaban J connectivity index is 2.94. The summed E-state index contributed by atoms with van der Waals surface area (Å²) in [6.45, 7) is 5.55. The average Bonchev–Trinajstić information content (AvgIpc) is 2.44. The van der Waals surface area contributed by atoms with Crippen LogP contribution in [0.15, 0.2) is 24.3 Å². The van der Waals surface area contributed by atoms with Gasteiger partial charge in [0.15, 0.2) is 0 Å². The van der Waals surface area contributed by atoms with E-state index >= 15 is 0 Å². The molecule has 0 radical (unpaired) electrons. The Bertz CT molecular complexity index is 532. The van der Waals surface area contributed by atoms with Crippen molar-refractivity contribution in [1.29, 1.82) is 5.26 Å². The number of carbonyl (C=O) groups excluding carboxylic acids is 2. The summed E-state index contributed by atoms with van der Waals surface area (Å²) in [6.07, 6.45) is 0. The van der Waals surface area contributed by atoms with Gasteiger partial charge in [0.05, 0.1) is 18.2 Å². The molecule has 0 aliphatic rings. The van der Waals surface area contributed by atoms with Gasteiger partial charge >= 0.3 is 5.97 Å². The molecule has 0 atom stereocenters. The van der Waals surface area contributed by atoms with Crippen LogP contribution < -0.4 is 0 Å². The first-order chi connectivity index (χ1) is 9.49. The summed E-state index contributed by atoms with van der Waals surface area (Å²) in [7, 11) is 0. The SMILES string of the molecule is CCOC(=O)CN(C(=O)c1cccc(C#N)c1)C(C)C. The van der Waals surface area contributed by atoms with Crippen LogP contribution in [0.4, 0.5) is 0 Å². The first-order valence-electron chi connectivity index (χ1n) is 6.46. The minimum Gasteiger partial charge on any atom is -0.465 e. The van der Waals surface area contributed by atoms with Gasteiger partial charge in [-0.3, -0.25) is 9.59 Å². The van der Waals surface area contributed by atoms with E-state index in [1.54, 1.807) is 25.1 Å². The minimum atomic E-state index is -0.439. The smallest absolute Gasteiger partial charge is 0.325 e. The van der Waals surface area contributed by atoms with E-state index in [-0.39, 0.29) is 25.1 Å². The second-order valence-electron chi connectivity index (χ2n) is 4.52. The van der Waals surface area contributed by atoms with Crippen molar-refractivity contribution < 1.29 is 14.3 Å². The lowest BCUT2D eigenvalue weighted by Gasteiger charge is -2.25. The molecule has 0 saturated heterocycles. The second kappa shape index (κ2) is 7.29. The third kappa shape index (κ3) is 4.09. The van der Waals surface area contributed by atoms with Gasteiger partial charge in [-0.15, -0.1) is 0 Å². The van der Waals surface area contributed by atoms with Crippen LogP contribution in [0.3, 0.4) is 0 Å². The maximum Gasteiger partial charge on any atom is 0.325 e. The summed E-state index contributed by atoms with van der Waals surface area (Å²) >= 11 is 0. The molecular formula is C15H18N2O3. The lowest BCUT2D eigenvalue weighted by Crippen LogP contribution is -2.41. The zero-order chi connectivity index (χ0) is 15.1. The molecule has 5 nitrogen and oxygen atoms in total. The van der Waals surface area contributed by atoms with E-state index in [4.69, 9.17) is 10.00 Å². The third-order valence-electron chi connectivity index (χ3n) is 2.73. The first-order valence-corrected chi connectivity index (χ1v) is 6.46. The number of benzene rings is 1. The molecule has 0 spiro atoms. The fourth-order valence-corrected chi connectivity index (χ4v) is 1.72. The van der Waals surface area contributed by atoms with Crippen LogP contribution in [-0.4, -0.2) is 36.0 Å². The summed E-state index contributed by atoms with van der Waals surface area (Å²) in [5.74, 6) is -0.726. The van der Waals surface area contributed by atoms with Crippen LogP contribution in [0.1, 0.15) is 36.7 Å². The Morgan fingerprint density at radius 2 is 2.10 bits per heavy atom. The van der Waals surface area contributed by atoms with Crippen molar-refractivity contribution in [3.05, 3.63) is 35.4 Å². The zero-order valence-electron chi connectivity index (χ0n) is 11.9. The van der Waals surface area contributed by atoms with Crippen molar-refractivity contribution in [2.45, 2.75) is 26.8 Å². The van der Waals surface area contributed by atoms with Crippen molar-refractivity contribution in [2.75, 3.05) is 13.2 Å². The van der Waals surface area contributed by atoms with E-state index in [1.165, 1.54) is 11.0 Å². The van der Waals surface area contributed by atoms with Crippen molar-refractivity contribution >= 4 is 11.9 Å². The second-order valence-corrected chi connectivity index (χ2v) is 4.52. The average molecular weight is 274 g/mol. The van der Waals surface area contributed by atoms with E-state index in [2.05, 4.69) is 0 Å². The van der Waals surface area contributed by atoms with Gasteiger partial charge in [0, 0.05) is 11.6 Å². The fourth-order valence-electron chi connectivity index (χ4n) is 1.72. The monoisotopic (exact) mass is 274 g/mol. The van der Waals surface area contributed by atoms with Crippen LogP contribution >= 0.6 is 0 Å². The zero-order valence-corrected chi connectivity index (χ0v) is 11.9. The minimum absolute atomic E-state index is 0.0961. The molecule has 0 N–H and O–H groups in total. The van der Waals surface area contributed by atoms with Crippen LogP contribution in [0.25, 0.3) is 0 Å². The number of nitriles is 1. The normalized spacial score (nSPS) is 9.95. The molecule has 20 heavy (non-hydrogen) atoms. The van der Waals surface area contributed by atoms with Crippen molar-refractivity contribution in [3.63, 3.8) is 0 Å². The topological polar surface area (TPSA) is 70.4 Å². The Hall–Kier alpha value is -2.35. The van der Waals surface area contributed by atoms with Crippen LogP contribution in [-0.2, 0) is 9.53 Å². The molecule has 0 aliphatic carbocycles. The molecule has 0 heterocycles. The molecule has 0 unspecified atom stereocenters. The third-order valence-corrected chi connectivity index (χ3v) is 2.73. The number of ether oxygens (including phenoxy) is 1. The molecule has 1 rings (SSSR count). The number of rotatable bonds is 5. The highest BCUT2D eigenvalue weighted by Crippen LogP contribution is 2.11. The van der Waals surface area contributed by atoms with E-state index in [9.17, 15) is 9.59 Å². The number of hydrogen-bond acceptors (Lipinski definition) is 4. The van der Waals surface area contributed by atoms with E-state index in [1.807, 2.05) is 19.9 Å². The summed E-state index contributed by atoms with van der Waals surface area (Å²) < 4.78 is 4.87. The lowest BCUT2D eigenvalue weighted by atomic mass is 10.1.